The summed E-state index contributed by atoms with van der Waals surface area (Å²) in [6.07, 6.45) is -3.45. The molecule has 0 atom stereocenters. The van der Waals surface area contributed by atoms with E-state index in [9.17, 15) is 28.1 Å². The van der Waals surface area contributed by atoms with Gasteiger partial charge in [-0.3, -0.25) is 10.1 Å². The molecule has 3 aromatic carbocycles. The molecule has 0 radical (unpaired) electrons. The molecule has 12 heteroatoms. The summed E-state index contributed by atoms with van der Waals surface area (Å²) in [5.41, 5.74) is -1.50. The van der Waals surface area contributed by atoms with E-state index >= 15 is 0 Å². The third-order valence-corrected chi connectivity index (χ3v) is 5.44. The predicted molar refractivity (Wildman–Crippen MR) is 122 cm³/mol. The number of nitrogens with zero attached hydrogens (tertiary/aromatic N) is 2. The van der Waals surface area contributed by atoms with Gasteiger partial charge in [0.15, 0.2) is 5.70 Å². The number of carbonyl (C=O) groups is 1. The van der Waals surface area contributed by atoms with Gasteiger partial charge in [0.2, 0.25) is 11.6 Å². The molecule has 0 aromatic heterocycles. The van der Waals surface area contributed by atoms with Crippen LogP contribution < -0.4 is 4.74 Å². The smallest absolute Gasteiger partial charge is 0.416 e. The Morgan fingerprint density at radius 2 is 1.74 bits per heavy atom. The van der Waals surface area contributed by atoms with E-state index in [-0.39, 0.29) is 27.9 Å². The third kappa shape index (κ3) is 5.28. The van der Waals surface area contributed by atoms with E-state index < -0.39 is 34.1 Å². The zero-order valence-electron chi connectivity index (χ0n) is 17.2. The summed E-state index contributed by atoms with van der Waals surface area (Å²) >= 11 is 11.9. The minimum absolute atomic E-state index is 0.0170. The number of nitro groups is 1. The van der Waals surface area contributed by atoms with Gasteiger partial charge in [-0.15, -0.1) is 0 Å². The first-order chi connectivity index (χ1) is 16.5. The summed E-state index contributed by atoms with van der Waals surface area (Å²) in [6, 6.07) is 12.6. The van der Waals surface area contributed by atoms with Crippen LogP contribution in [0.4, 0.5) is 18.9 Å². The first kappa shape index (κ1) is 24.2. The molecule has 0 N–H and O–H groups in total. The molecule has 1 aliphatic heterocycles. The number of halogens is 5. The fraction of sp³-hybridized carbons (Fsp3) is 0.0435. The molecule has 178 valence electrons. The first-order valence-electron chi connectivity index (χ1n) is 9.63. The monoisotopic (exact) mass is 522 g/mol. The number of carbonyl (C=O) groups excluding carboxylic acids is 1. The van der Waals surface area contributed by atoms with Crippen LogP contribution in [0, 0.1) is 10.1 Å². The molecule has 35 heavy (non-hydrogen) atoms. The largest absolute Gasteiger partial charge is 0.449 e. The minimum atomic E-state index is -4.77. The first-order valence-corrected chi connectivity index (χ1v) is 10.4. The Balaban J connectivity index is 1.69. The second-order valence-electron chi connectivity index (χ2n) is 7.04. The molecule has 0 fully saturated rings. The van der Waals surface area contributed by atoms with Gasteiger partial charge in [-0.05, 0) is 42.5 Å². The number of rotatable bonds is 5. The van der Waals surface area contributed by atoms with Crippen LogP contribution in [-0.4, -0.2) is 16.8 Å². The molecule has 4 rings (SSSR count). The molecule has 7 nitrogen and oxygen atoms in total. The van der Waals surface area contributed by atoms with Crippen molar-refractivity contribution in [2.24, 2.45) is 4.99 Å². The highest BCUT2D eigenvalue weighted by Crippen LogP contribution is 2.39. The van der Waals surface area contributed by atoms with E-state index in [1.165, 1.54) is 30.3 Å². The van der Waals surface area contributed by atoms with Crippen molar-refractivity contribution >= 4 is 46.8 Å². The maximum Gasteiger partial charge on any atom is 0.416 e. The van der Waals surface area contributed by atoms with Crippen molar-refractivity contribution in [2.45, 2.75) is 6.18 Å². The zero-order chi connectivity index (χ0) is 25.3. The fourth-order valence-corrected chi connectivity index (χ4v) is 3.34. The summed E-state index contributed by atoms with van der Waals surface area (Å²) < 4.78 is 49.7. The highest BCUT2D eigenvalue weighted by molar-refractivity contribution is 6.42. The van der Waals surface area contributed by atoms with E-state index in [1.54, 1.807) is 18.2 Å². The van der Waals surface area contributed by atoms with Gasteiger partial charge >= 0.3 is 17.8 Å². The van der Waals surface area contributed by atoms with E-state index in [2.05, 4.69) is 4.99 Å². The molecule has 0 saturated heterocycles. The van der Waals surface area contributed by atoms with Crippen molar-refractivity contribution in [3.05, 3.63) is 103 Å². The van der Waals surface area contributed by atoms with Gasteiger partial charge in [-0.2, -0.15) is 13.2 Å². The lowest BCUT2D eigenvalue weighted by atomic mass is 10.1. The molecule has 0 bridgehead atoms. The van der Waals surface area contributed by atoms with Crippen molar-refractivity contribution < 1.29 is 32.4 Å². The SMILES string of the molecule is O=C1OC(c2ccc(Cl)c(Cl)c2)=N/C1=C\c1ccccc1Oc1ccc(C(F)(F)F)cc1[N+](=O)[O-]. The minimum Gasteiger partial charge on any atom is -0.449 e. The van der Waals surface area contributed by atoms with E-state index in [0.29, 0.717) is 22.7 Å². The Bertz CT molecular complexity index is 1420. The van der Waals surface area contributed by atoms with Crippen LogP contribution in [-0.2, 0) is 15.7 Å². The number of ether oxygens (including phenoxy) is 2. The Kier molecular flexibility index (Phi) is 6.51. The van der Waals surface area contributed by atoms with Gasteiger partial charge in [-0.1, -0.05) is 41.4 Å². The second-order valence-corrected chi connectivity index (χ2v) is 7.86. The number of cyclic esters (lactones) is 1. The lowest BCUT2D eigenvalue weighted by molar-refractivity contribution is -0.385. The number of alkyl halides is 3. The van der Waals surface area contributed by atoms with Gasteiger partial charge < -0.3 is 9.47 Å². The standard InChI is InChI=1S/C23H11Cl2F3N2O5/c24-15-7-5-13(9-16(15)25)21-29-17(22(31)35-21)10-12-3-1-2-4-19(12)34-20-8-6-14(23(26,27)28)11-18(20)30(32)33/h1-11H/b17-10-. The van der Waals surface area contributed by atoms with Crippen LogP contribution in [0.15, 0.2) is 71.4 Å². The lowest BCUT2D eigenvalue weighted by Crippen LogP contribution is -2.06. The van der Waals surface area contributed by atoms with Gasteiger partial charge in [0.05, 0.1) is 20.5 Å². The number of hydrogen-bond donors (Lipinski definition) is 0. The molecule has 1 aliphatic rings. The Labute approximate surface area is 205 Å². The summed E-state index contributed by atoms with van der Waals surface area (Å²) in [6.45, 7) is 0. The third-order valence-electron chi connectivity index (χ3n) is 4.70. The summed E-state index contributed by atoms with van der Waals surface area (Å²) in [5.74, 6) is -1.17. The number of aliphatic imine (C=N–C) groups is 1. The number of benzene rings is 3. The van der Waals surface area contributed by atoms with Crippen LogP contribution in [0.2, 0.25) is 10.0 Å². The molecule has 0 amide bonds. The molecular weight excluding hydrogens is 512 g/mol. The van der Waals surface area contributed by atoms with Crippen molar-refractivity contribution in [3.63, 3.8) is 0 Å². The van der Waals surface area contributed by atoms with E-state index in [0.717, 1.165) is 6.07 Å². The molecule has 0 saturated carbocycles. The molecule has 0 unspecified atom stereocenters. The van der Waals surface area contributed by atoms with Crippen molar-refractivity contribution in [1.29, 1.82) is 0 Å². The van der Waals surface area contributed by atoms with Crippen molar-refractivity contribution in [3.8, 4) is 11.5 Å². The van der Waals surface area contributed by atoms with Crippen LogP contribution in [0.5, 0.6) is 11.5 Å². The van der Waals surface area contributed by atoms with Crippen molar-refractivity contribution in [1.82, 2.24) is 0 Å². The zero-order valence-corrected chi connectivity index (χ0v) is 18.7. The second kappa shape index (κ2) is 9.40. The number of para-hydroxylation sites is 1. The normalized spacial score (nSPS) is 14.6. The Morgan fingerprint density at radius 1 is 1.00 bits per heavy atom. The van der Waals surface area contributed by atoms with Crippen LogP contribution in [0.3, 0.4) is 0 Å². The fourth-order valence-electron chi connectivity index (χ4n) is 3.04. The Morgan fingerprint density at radius 3 is 2.43 bits per heavy atom. The highest BCUT2D eigenvalue weighted by atomic mass is 35.5. The topological polar surface area (TPSA) is 91.0 Å². The summed E-state index contributed by atoms with van der Waals surface area (Å²) in [7, 11) is 0. The van der Waals surface area contributed by atoms with Crippen LogP contribution in [0.25, 0.3) is 6.08 Å². The maximum absolute atomic E-state index is 13.0. The van der Waals surface area contributed by atoms with Gasteiger partial charge in [0, 0.05) is 17.2 Å². The van der Waals surface area contributed by atoms with Crippen LogP contribution >= 0.6 is 23.2 Å². The molecule has 3 aromatic rings. The number of esters is 1. The molecule has 0 spiro atoms. The van der Waals surface area contributed by atoms with Crippen molar-refractivity contribution in [2.75, 3.05) is 0 Å². The van der Waals surface area contributed by atoms with Crippen LogP contribution in [0.1, 0.15) is 16.7 Å². The van der Waals surface area contributed by atoms with E-state index in [1.807, 2.05) is 0 Å². The molecule has 0 aliphatic carbocycles. The summed E-state index contributed by atoms with van der Waals surface area (Å²) in [4.78, 5) is 26.9. The Hall–Kier alpha value is -3.89. The molecule has 1 heterocycles. The number of nitro benzene ring substituents is 1. The highest BCUT2D eigenvalue weighted by Gasteiger charge is 2.33. The number of hydrogen-bond acceptors (Lipinski definition) is 6. The average molecular weight is 523 g/mol. The lowest BCUT2D eigenvalue weighted by Gasteiger charge is -2.11. The summed E-state index contributed by atoms with van der Waals surface area (Å²) in [5, 5.41) is 11.9. The van der Waals surface area contributed by atoms with Gasteiger partial charge in [0.1, 0.15) is 5.75 Å². The molecular formula is C23H11Cl2F3N2O5. The maximum atomic E-state index is 13.0. The van der Waals surface area contributed by atoms with Gasteiger partial charge in [-0.25, -0.2) is 9.79 Å². The predicted octanol–water partition coefficient (Wildman–Crippen LogP) is 7.06. The average Bonchev–Trinajstić information content (AvgIpc) is 3.16. The quantitative estimate of drug-likeness (QED) is 0.155. The van der Waals surface area contributed by atoms with Gasteiger partial charge in [0.25, 0.3) is 0 Å². The van der Waals surface area contributed by atoms with E-state index in [4.69, 9.17) is 32.7 Å².